The third-order valence-electron chi connectivity index (χ3n) is 6.78. The van der Waals surface area contributed by atoms with Gasteiger partial charge < -0.3 is 9.53 Å². The van der Waals surface area contributed by atoms with Crippen LogP contribution >= 0.6 is 0 Å². The molecule has 0 bridgehead atoms. The fraction of sp³-hybridized carbons (Fsp3) is 0.667. The maximum atomic E-state index is 10.8. The Labute approximate surface area is 168 Å². The number of benzene rings is 1. The van der Waals surface area contributed by atoms with Crippen LogP contribution in [0.4, 0.5) is 0 Å². The molecule has 152 valence electrons. The van der Waals surface area contributed by atoms with Crippen LogP contribution in [-0.4, -0.2) is 26.1 Å². The van der Waals surface area contributed by atoms with E-state index in [0.717, 1.165) is 18.4 Å². The van der Waals surface area contributed by atoms with E-state index in [2.05, 4.69) is 70.8 Å². The lowest BCUT2D eigenvalue weighted by atomic mass is 9.81. The molecule has 2 atom stereocenters. The van der Waals surface area contributed by atoms with Crippen molar-refractivity contribution in [1.82, 2.24) is 0 Å². The summed E-state index contributed by atoms with van der Waals surface area (Å²) in [5.41, 5.74) is 2.36. The van der Waals surface area contributed by atoms with Gasteiger partial charge in [-0.1, -0.05) is 82.5 Å². The van der Waals surface area contributed by atoms with Gasteiger partial charge in [-0.2, -0.15) is 0 Å². The Bertz CT molecular complexity index is 582. The molecular weight excluding hydrogens is 348 g/mol. The molecule has 1 aliphatic rings. The van der Waals surface area contributed by atoms with Gasteiger partial charge in [0.2, 0.25) is 0 Å². The highest BCUT2D eigenvalue weighted by atomic mass is 28.4. The van der Waals surface area contributed by atoms with Crippen LogP contribution in [-0.2, 0) is 4.43 Å². The van der Waals surface area contributed by atoms with Gasteiger partial charge in [0.15, 0.2) is 8.32 Å². The van der Waals surface area contributed by atoms with E-state index in [1.807, 2.05) is 0 Å². The van der Waals surface area contributed by atoms with Gasteiger partial charge in [0.05, 0.1) is 6.10 Å². The van der Waals surface area contributed by atoms with Crippen LogP contribution in [0, 0.1) is 5.92 Å². The molecule has 0 heterocycles. The summed E-state index contributed by atoms with van der Waals surface area (Å²) in [5, 5.41) is 11.0. The summed E-state index contributed by atoms with van der Waals surface area (Å²) in [6.45, 7) is 16.5. The smallest absolute Gasteiger partial charge is 0.192 e. The molecule has 1 saturated carbocycles. The maximum Gasteiger partial charge on any atom is 0.192 e. The zero-order chi connectivity index (χ0) is 20.1. The standard InChI is InChI=1S/C24H40O2Si/c1-19(17-23(25)21-15-11-8-12-16-21)22(20-13-9-7-10-14-20)18-26-27(5,6)24(2,3)4/h7,9-10,13-14,21-23,25H,1,8,11-12,15-18H2,2-6H3/t22-,23-/m1/s1. The third-order valence-corrected chi connectivity index (χ3v) is 11.3. The molecule has 1 aromatic rings. The van der Waals surface area contributed by atoms with Gasteiger partial charge in [0, 0.05) is 12.5 Å². The van der Waals surface area contributed by atoms with Gasteiger partial charge in [0.1, 0.15) is 0 Å². The van der Waals surface area contributed by atoms with E-state index in [0.29, 0.717) is 18.9 Å². The Morgan fingerprint density at radius 1 is 1.15 bits per heavy atom. The predicted molar refractivity (Wildman–Crippen MR) is 119 cm³/mol. The molecule has 1 aliphatic carbocycles. The first-order valence-corrected chi connectivity index (χ1v) is 13.6. The minimum absolute atomic E-state index is 0.151. The topological polar surface area (TPSA) is 29.5 Å². The second-order valence-corrected chi connectivity index (χ2v) is 14.7. The van der Waals surface area contributed by atoms with Crippen LogP contribution in [0.15, 0.2) is 42.5 Å². The van der Waals surface area contributed by atoms with E-state index >= 15 is 0 Å². The Balaban J connectivity index is 2.09. The lowest BCUT2D eigenvalue weighted by Gasteiger charge is -2.38. The molecule has 0 amide bonds. The van der Waals surface area contributed by atoms with Crippen LogP contribution in [0.3, 0.4) is 0 Å². The molecule has 0 radical (unpaired) electrons. The number of aliphatic hydroxyl groups is 1. The highest BCUT2D eigenvalue weighted by molar-refractivity contribution is 6.74. The van der Waals surface area contributed by atoms with Gasteiger partial charge in [-0.05, 0) is 48.9 Å². The zero-order valence-electron chi connectivity index (χ0n) is 18.1. The van der Waals surface area contributed by atoms with Crippen molar-refractivity contribution in [1.29, 1.82) is 0 Å². The largest absolute Gasteiger partial charge is 0.416 e. The monoisotopic (exact) mass is 388 g/mol. The Morgan fingerprint density at radius 3 is 2.30 bits per heavy atom. The summed E-state index contributed by atoms with van der Waals surface area (Å²) < 4.78 is 6.56. The quantitative estimate of drug-likeness (QED) is 0.397. The lowest BCUT2D eigenvalue weighted by Crippen LogP contribution is -2.42. The van der Waals surface area contributed by atoms with Gasteiger partial charge in [-0.25, -0.2) is 0 Å². The number of hydrogen-bond donors (Lipinski definition) is 1. The first-order valence-electron chi connectivity index (χ1n) is 10.7. The van der Waals surface area contributed by atoms with E-state index in [1.165, 1.54) is 24.8 Å². The number of rotatable bonds is 8. The Morgan fingerprint density at radius 2 is 1.74 bits per heavy atom. The first kappa shape index (κ1) is 22.4. The molecule has 3 heteroatoms. The van der Waals surface area contributed by atoms with Crippen LogP contribution < -0.4 is 0 Å². The SMILES string of the molecule is C=C(C[C@@H](O)C1CCCCC1)[C@@H](CO[Si](C)(C)C(C)(C)C)c1ccccc1. The third kappa shape index (κ3) is 6.30. The molecule has 0 saturated heterocycles. The Kier molecular flexibility index (Phi) is 7.90. The van der Waals surface area contributed by atoms with Gasteiger partial charge in [-0.15, -0.1) is 0 Å². The number of aliphatic hydroxyl groups excluding tert-OH is 1. The van der Waals surface area contributed by atoms with E-state index in [1.54, 1.807) is 0 Å². The average Bonchev–Trinajstić information content (AvgIpc) is 2.62. The lowest BCUT2D eigenvalue weighted by molar-refractivity contribution is 0.0831. The molecule has 0 spiro atoms. The molecule has 2 rings (SSSR count). The van der Waals surface area contributed by atoms with Crippen molar-refractivity contribution in [3.63, 3.8) is 0 Å². The molecule has 1 aromatic carbocycles. The van der Waals surface area contributed by atoms with Crippen LogP contribution in [0.1, 0.15) is 70.8 Å². The molecule has 0 unspecified atom stereocenters. The summed E-state index contributed by atoms with van der Waals surface area (Å²) in [4.78, 5) is 0. The molecule has 0 aliphatic heterocycles. The van der Waals surface area contributed by atoms with Gasteiger partial charge >= 0.3 is 0 Å². The van der Waals surface area contributed by atoms with Crippen molar-refractivity contribution in [3.05, 3.63) is 48.0 Å². The van der Waals surface area contributed by atoms with Crippen LogP contribution in [0.25, 0.3) is 0 Å². The summed E-state index contributed by atoms with van der Waals surface area (Å²) >= 11 is 0. The molecule has 1 fully saturated rings. The Hall–Kier alpha value is -0.903. The van der Waals surface area contributed by atoms with E-state index in [4.69, 9.17) is 4.43 Å². The molecule has 2 nitrogen and oxygen atoms in total. The number of hydrogen-bond acceptors (Lipinski definition) is 2. The van der Waals surface area contributed by atoms with Gasteiger partial charge in [0.25, 0.3) is 0 Å². The van der Waals surface area contributed by atoms with Crippen molar-refractivity contribution in [2.75, 3.05) is 6.61 Å². The van der Waals surface area contributed by atoms with Crippen molar-refractivity contribution < 1.29 is 9.53 Å². The predicted octanol–water partition coefficient (Wildman–Crippen LogP) is 6.68. The normalized spacial score (nSPS) is 18.9. The van der Waals surface area contributed by atoms with E-state index < -0.39 is 8.32 Å². The van der Waals surface area contributed by atoms with Crippen molar-refractivity contribution in [2.45, 2.75) is 89.5 Å². The minimum Gasteiger partial charge on any atom is -0.416 e. The molecular formula is C24H40O2Si. The summed E-state index contributed by atoms with van der Waals surface area (Å²) in [6, 6.07) is 10.5. The van der Waals surface area contributed by atoms with E-state index in [9.17, 15) is 5.11 Å². The summed E-state index contributed by atoms with van der Waals surface area (Å²) in [7, 11) is -1.82. The molecule has 27 heavy (non-hydrogen) atoms. The zero-order valence-corrected chi connectivity index (χ0v) is 19.1. The summed E-state index contributed by atoms with van der Waals surface area (Å²) in [5.74, 6) is 0.590. The van der Waals surface area contributed by atoms with Crippen molar-refractivity contribution in [2.24, 2.45) is 5.92 Å². The van der Waals surface area contributed by atoms with Crippen LogP contribution in [0.2, 0.25) is 18.1 Å². The van der Waals surface area contributed by atoms with E-state index in [-0.39, 0.29) is 17.1 Å². The molecule has 1 N–H and O–H groups in total. The fourth-order valence-electron chi connectivity index (χ4n) is 3.74. The van der Waals surface area contributed by atoms with Gasteiger partial charge in [-0.3, -0.25) is 0 Å². The maximum absolute atomic E-state index is 10.8. The highest BCUT2D eigenvalue weighted by Crippen LogP contribution is 2.39. The van der Waals surface area contributed by atoms with Crippen molar-refractivity contribution in [3.8, 4) is 0 Å². The fourth-order valence-corrected chi connectivity index (χ4v) is 4.76. The van der Waals surface area contributed by atoms with Crippen molar-refractivity contribution >= 4 is 8.32 Å². The highest BCUT2D eigenvalue weighted by Gasteiger charge is 2.38. The average molecular weight is 389 g/mol. The second kappa shape index (κ2) is 9.53. The molecule has 0 aromatic heterocycles. The van der Waals surface area contributed by atoms with Crippen LogP contribution in [0.5, 0.6) is 0 Å². The minimum atomic E-state index is -1.82. The first-order chi connectivity index (χ1) is 12.6. The summed E-state index contributed by atoms with van der Waals surface area (Å²) in [6.07, 6.45) is 6.56. The second-order valence-electron chi connectivity index (χ2n) is 9.86.